The van der Waals surface area contributed by atoms with Crippen molar-refractivity contribution in [3.05, 3.63) is 77.7 Å². The van der Waals surface area contributed by atoms with Gasteiger partial charge in [0.25, 0.3) is 5.91 Å². The van der Waals surface area contributed by atoms with Gasteiger partial charge in [-0.25, -0.2) is 9.37 Å². The first-order chi connectivity index (χ1) is 15.2. The van der Waals surface area contributed by atoms with Crippen LogP contribution in [0.2, 0.25) is 0 Å². The number of likely N-dealkylation sites (tertiary alicyclic amines) is 2. The largest absolute Gasteiger partial charge is 0.335 e. The summed E-state index contributed by atoms with van der Waals surface area (Å²) in [5, 5.41) is 1.05. The third-order valence-electron chi connectivity index (χ3n) is 6.85. The number of carbonyl (C=O) groups excluding carboxylic acids is 1. The molecule has 0 N–H and O–H groups in total. The van der Waals surface area contributed by atoms with Crippen molar-refractivity contribution in [1.82, 2.24) is 14.8 Å². The number of fused-ring (bicyclic) bond motifs is 2. The third kappa shape index (κ3) is 4.33. The van der Waals surface area contributed by atoms with Crippen molar-refractivity contribution < 1.29 is 9.18 Å². The van der Waals surface area contributed by atoms with E-state index in [0.29, 0.717) is 17.7 Å². The van der Waals surface area contributed by atoms with Crippen molar-refractivity contribution in [2.24, 2.45) is 5.92 Å². The van der Waals surface area contributed by atoms with E-state index < -0.39 is 0 Å². The molecule has 0 unspecified atom stereocenters. The molecule has 2 saturated heterocycles. The Hall–Kier alpha value is -2.79. The molecule has 0 saturated carbocycles. The van der Waals surface area contributed by atoms with Crippen molar-refractivity contribution in [3.63, 3.8) is 0 Å². The van der Waals surface area contributed by atoms with E-state index in [4.69, 9.17) is 0 Å². The van der Waals surface area contributed by atoms with Gasteiger partial charge in [0.1, 0.15) is 11.5 Å². The molecule has 0 aliphatic carbocycles. The molecule has 4 nitrogen and oxygen atoms in total. The molecule has 2 atom stereocenters. The summed E-state index contributed by atoms with van der Waals surface area (Å²) in [7, 11) is 0. The SMILES string of the molecule is O=C(c1ccc2ccccc2n1)N1C[C@@H]2CCCCN(CCc3ccc(F)cc3)[C@@H]2C1. The second kappa shape index (κ2) is 8.75. The number of aromatic nitrogens is 1. The minimum atomic E-state index is -0.189. The van der Waals surface area contributed by atoms with E-state index in [9.17, 15) is 9.18 Å². The van der Waals surface area contributed by atoms with Crippen LogP contribution >= 0.6 is 0 Å². The highest BCUT2D eigenvalue weighted by molar-refractivity contribution is 5.95. The summed E-state index contributed by atoms with van der Waals surface area (Å²) in [6.07, 6.45) is 4.50. The fourth-order valence-corrected chi connectivity index (χ4v) is 5.15. The van der Waals surface area contributed by atoms with Gasteiger partial charge >= 0.3 is 0 Å². The Morgan fingerprint density at radius 3 is 2.71 bits per heavy atom. The lowest BCUT2D eigenvalue weighted by atomic mass is 9.98. The Bertz CT molecular complexity index is 1070. The number of carbonyl (C=O) groups is 1. The maximum absolute atomic E-state index is 13.2. The van der Waals surface area contributed by atoms with Crippen molar-refractivity contribution >= 4 is 16.8 Å². The molecule has 1 aromatic heterocycles. The fraction of sp³-hybridized carbons (Fsp3) is 0.385. The Morgan fingerprint density at radius 2 is 1.84 bits per heavy atom. The average molecular weight is 418 g/mol. The van der Waals surface area contributed by atoms with E-state index in [0.717, 1.165) is 49.1 Å². The zero-order valence-corrected chi connectivity index (χ0v) is 17.7. The quantitative estimate of drug-likeness (QED) is 0.625. The highest BCUT2D eigenvalue weighted by Gasteiger charge is 2.39. The van der Waals surface area contributed by atoms with E-state index in [2.05, 4.69) is 9.88 Å². The third-order valence-corrected chi connectivity index (χ3v) is 6.85. The van der Waals surface area contributed by atoms with Crippen LogP contribution in [0.15, 0.2) is 60.7 Å². The molecule has 2 aliphatic heterocycles. The second-order valence-corrected chi connectivity index (χ2v) is 8.83. The van der Waals surface area contributed by atoms with Crippen LogP contribution in [0.1, 0.15) is 35.3 Å². The molecule has 5 rings (SSSR count). The lowest BCUT2D eigenvalue weighted by molar-refractivity contribution is 0.0769. The van der Waals surface area contributed by atoms with Gasteiger partial charge in [0.15, 0.2) is 0 Å². The summed E-state index contributed by atoms with van der Waals surface area (Å²) in [5.41, 5.74) is 2.56. The van der Waals surface area contributed by atoms with Crippen molar-refractivity contribution in [2.45, 2.75) is 31.7 Å². The first-order valence-electron chi connectivity index (χ1n) is 11.3. The number of para-hydroxylation sites is 1. The first kappa shape index (κ1) is 20.1. The van der Waals surface area contributed by atoms with Crippen molar-refractivity contribution in [1.29, 1.82) is 0 Å². The number of halogens is 1. The predicted octanol–water partition coefficient (Wildman–Crippen LogP) is 4.54. The van der Waals surface area contributed by atoms with Gasteiger partial charge in [0, 0.05) is 31.1 Å². The summed E-state index contributed by atoms with van der Waals surface area (Å²) >= 11 is 0. The molecule has 2 aromatic carbocycles. The van der Waals surface area contributed by atoms with Gasteiger partial charge in [-0.1, -0.05) is 42.8 Å². The minimum Gasteiger partial charge on any atom is -0.335 e. The maximum Gasteiger partial charge on any atom is 0.272 e. The molecule has 0 bridgehead atoms. The van der Waals surface area contributed by atoms with Crippen LogP contribution in [0.25, 0.3) is 10.9 Å². The molecule has 5 heteroatoms. The molecule has 0 radical (unpaired) electrons. The van der Waals surface area contributed by atoms with E-state index in [-0.39, 0.29) is 11.7 Å². The molecule has 2 aliphatic rings. The van der Waals surface area contributed by atoms with E-state index in [1.54, 1.807) is 0 Å². The summed E-state index contributed by atoms with van der Waals surface area (Å²) in [6, 6.07) is 19.0. The highest BCUT2D eigenvalue weighted by atomic mass is 19.1. The van der Waals surface area contributed by atoms with Gasteiger partial charge in [0.2, 0.25) is 0 Å². The fourth-order valence-electron chi connectivity index (χ4n) is 5.15. The van der Waals surface area contributed by atoms with Gasteiger partial charge < -0.3 is 4.90 Å². The van der Waals surface area contributed by atoms with Gasteiger partial charge in [-0.15, -0.1) is 0 Å². The molecule has 3 heterocycles. The number of amides is 1. The predicted molar refractivity (Wildman–Crippen MR) is 120 cm³/mol. The van der Waals surface area contributed by atoms with Crippen LogP contribution < -0.4 is 0 Å². The van der Waals surface area contributed by atoms with E-state index in [1.807, 2.05) is 53.4 Å². The number of hydrogen-bond donors (Lipinski definition) is 0. The van der Waals surface area contributed by atoms with Crippen LogP contribution in [0.3, 0.4) is 0 Å². The Morgan fingerprint density at radius 1 is 1.00 bits per heavy atom. The molecule has 31 heavy (non-hydrogen) atoms. The summed E-state index contributed by atoms with van der Waals surface area (Å²) in [5.74, 6) is 0.364. The van der Waals surface area contributed by atoms with Crippen molar-refractivity contribution in [3.8, 4) is 0 Å². The van der Waals surface area contributed by atoms with Gasteiger partial charge in [-0.2, -0.15) is 0 Å². The second-order valence-electron chi connectivity index (χ2n) is 8.83. The highest BCUT2D eigenvalue weighted by Crippen LogP contribution is 2.31. The zero-order valence-electron chi connectivity index (χ0n) is 17.7. The lowest BCUT2D eigenvalue weighted by Gasteiger charge is -2.30. The molecular weight excluding hydrogens is 389 g/mol. The number of pyridine rings is 1. The molecule has 0 spiro atoms. The van der Waals surface area contributed by atoms with Crippen LogP contribution in [0.4, 0.5) is 4.39 Å². The van der Waals surface area contributed by atoms with Crippen LogP contribution in [0, 0.1) is 11.7 Å². The van der Waals surface area contributed by atoms with Crippen molar-refractivity contribution in [2.75, 3.05) is 26.2 Å². The first-order valence-corrected chi connectivity index (χ1v) is 11.3. The lowest BCUT2D eigenvalue weighted by Crippen LogP contribution is -2.42. The van der Waals surface area contributed by atoms with Gasteiger partial charge in [-0.05, 0) is 61.6 Å². The maximum atomic E-state index is 13.2. The molecule has 2 fully saturated rings. The minimum absolute atomic E-state index is 0.0392. The summed E-state index contributed by atoms with van der Waals surface area (Å²) in [6.45, 7) is 3.59. The Kier molecular flexibility index (Phi) is 5.68. The molecular formula is C26H28FN3O. The average Bonchev–Trinajstić information content (AvgIpc) is 3.13. The topological polar surface area (TPSA) is 36.4 Å². The standard InChI is InChI=1S/C26H28FN3O/c27-22-11-8-19(9-12-22)14-16-29-15-4-3-6-21-17-30(18-25(21)29)26(31)24-13-10-20-5-1-2-7-23(20)28-24/h1-2,5,7-13,21,25H,3-4,6,14-18H2/t21-,25+/m0/s1. The van der Waals surface area contributed by atoms with Gasteiger partial charge in [-0.3, -0.25) is 9.69 Å². The number of hydrogen-bond acceptors (Lipinski definition) is 3. The molecule has 3 aromatic rings. The summed E-state index contributed by atoms with van der Waals surface area (Å²) in [4.78, 5) is 22.4. The number of benzene rings is 2. The number of nitrogens with zero attached hydrogens (tertiary/aromatic N) is 3. The van der Waals surface area contributed by atoms with Crippen LogP contribution in [-0.4, -0.2) is 52.9 Å². The van der Waals surface area contributed by atoms with Crippen LogP contribution in [-0.2, 0) is 6.42 Å². The zero-order chi connectivity index (χ0) is 21.2. The smallest absolute Gasteiger partial charge is 0.272 e. The van der Waals surface area contributed by atoms with Crippen LogP contribution in [0.5, 0.6) is 0 Å². The summed E-state index contributed by atoms with van der Waals surface area (Å²) < 4.78 is 13.2. The number of rotatable bonds is 4. The normalized spacial score (nSPS) is 21.8. The molecule has 1 amide bonds. The Labute approximate surface area is 182 Å². The van der Waals surface area contributed by atoms with Gasteiger partial charge in [0.05, 0.1) is 5.52 Å². The van der Waals surface area contributed by atoms with E-state index >= 15 is 0 Å². The Balaban J connectivity index is 1.29. The van der Waals surface area contributed by atoms with E-state index in [1.165, 1.54) is 31.4 Å². The molecule has 160 valence electrons. The monoisotopic (exact) mass is 417 g/mol.